The normalized spacial score (nSPS) is 16.8. The minimum Gasteiger partial charge on any atom is -0.401 e. The first-order chi connectivity index (χ1) is 10.8. The first-order valence-corrected chi connectivity index (χ1v) is 7.96. The lowest BCUT2D eigenvalue weighted by molar-refractivity contribution is -0.130. The molecule has 3 nitrogen and oxygen atoms in total. The zero-order chi connectivity index (χ0) is 15.4. The number of carbonyl (C=O) groups is 1. The molecule has 0 fully saturated rings. The van der Waals surface area contributed by atoms with Crippen molar-refractivity contribution in [3.05, 3.63) is 75.6 Å². The fourth-order valence-electron chi connectivity index (χ4n) is 2.10. The van der Waals surface area contributed by atoms with Crippen molar-refractivity contribution >= 4 is 29.3 Å². The maximum Gasteiger partial charge on any atom is 0.363 e. The molecule has 4 heteroatoms. The van der Waals surface area contributed by atoms with Crippen LogP contribution in [-0.4, -0.2) is 11.9 Å². The number of aliphatic imine (C=N–C) groups is 1. The van der Waals surface area contributed by atoms with Crippen LogP contribution in [0.3, 0.4) is 0 Å². The molecule has 0 unspecified atom stereocenters. The maximum atomic E-state index is 12.0. The van der Waals surface area contributed by atoms with E-state index in [9.17, 15) is 4.79 Å². The monoisotopic (exact) mass is 309 g/mol. The molecule has 22 heavy (non-hydrogen) atoms. The van der Waals surface area contributed by atoms with Crippen LogP contribution in [0.4, 0.5) is 0 Å². The molecule has 1 aromatic heterocycles. The average Bonchev–Trinajstić information content (AvgIpc) is 3.18. The zero-order valence-electron chi connectivity index (χ0n) is 12.2. The molecule has 0 bridgehead atoms. The summed E-state index contributed by atoms with van der Waals surface area (Å²) in [4.78, 5) is 17.1. The summed E-state index contributed by atoms with van der Waals surface area (Å²) in [6, 6.07) is 13.8. The smallest absolute Gasteiger partial charge is 0.363 e. The van der Waals surface area contributed by atoms with Crippen molar-refractivity contribution in [3.63, 3.8) is 0 Å². The van der Waals surface area contributed by atoms with Gasteiger partial charge in [0.2, 0.25) is 5.90 Å². The van der Waals surface area contributed by atoms with Gasteiger partial charge >= 0.3 is 5.97 Å². The molecule has 2 aromatic rings. The Morgan fingerprint density at radius 1 is 1.23 bits per heavy atom. The van der Waals surface area contributed by atoms with Crippen LogP contribution in [0.15, 0.2) is 70.2 Å². The van der Waals surface area contributed by atoms with Crippen LogP contribution in [0.25, 0.3) is 6.08 Å². The molecule has 0 aliphatic carbocycles. The van der Waals surface area contributed by atoms with Gasteiger partial charge in [0.15, 0.2) is 5.70 Å². The Kier molecular flexibility index (Phi) is 4.30. The third-order valence-electron chi connectivity index (χ3n) is 3.23. The van der Waals surface area contributed by atoms with Gasteiger partial charge in [-0.3, -0.25) is 0 Å². The third-order valence-corrected chi connectivity index (χ3v) is 4.09. The Bertz CT molecular complexity index is 756. The summed E-state index contributed by atoms with van der Waals surface area (Å²) < 4.78 is 5.24. The lowest BCUT2D eigenvalue weighted by Crippen LogP contribution is -2.03. The molecule has 3 rings (SSSR count). The van der Waals surface area contributed by atoms with E-state index in [0.717, 1.165) is 22.4 Å². The number of benzene rings is 1. The summed E-state index contributed by atoms with van der Waals surface area (Å²) in [5.41, 5.74) is 2.49. The van der Waals surface area contributed by atoms with Crippen LogP contribution in [-0.2, 0) is 9.53 Å². The van der Waals surface area contributed by atoms with Gasteiger partial charge in [-0.15, -0.1) is 11.3 Å². The van der Waals surface area contributed by atoms with E-state index >= 15 is 0 Å². The number of cyclic esters (lactones) is 1. The second-order valence-corrected chi connectivity index (χ2v) is 5.74. The van der Waals surface area contributed by atoms with Crippen LogP contribution < -0.4 is 0 Å². The standard InChI is InChI=1S/C18H15NO2S/c1-2-13(11-14-7-4-3-5-8-14)12-15-18(20)21-17(19-15)16-9-6-10-22-16/h3-12H,2H2,1H3/b13-11+,15-12+. The Morgan fingerprint density at radius 2 is 2.05 bits per heavy atom. The van der Waals surface area contributed by atoms with Crippen LogP contribution in [0, 0.1) is 0 Å². The summed E-state index contributed by atoms with van der Waals surface area (Å²) in [7, 11) is 0. The zero-order valence-corrected chi connectivity index (χ0v) is 13.0. The Morgan fingerprint density at radius 3 is 2.73 bits per heavy atom. The highest BCUT2D eigenvalue weighted by molar-refractivity contribution is 7.12. The van der Waals surface area contributed by atoms with Crippen molar-refractivity contribution in [2.75, 3.05) is 0 Å². The molecule has 0 saturated heterocycles. The summed E-state index contributed by atoms with van der Waals surface area (Å²) in [6.45, 7) is 2.05. The van der Waals surface area contributed by atoms with E-state index in [1.165, 1.54) is 11.3 Å². The summed E-state index contributed by atoms with van der Waals surface area (Å²) in [6.07, 6.45) is 4.67. The van der Waals surface area contributed by atoms with E-state index in [1.807, 2.05) is 47.8 Å². The molecule has 0 saturated carbocycles. The summed E-state index contributed by atoms with van der Waals surface area (Å²) >= 11 is 1.50. The maximum absolute atomic E-state index is 12.0. The summed E-state index contributed by atoms with van der Waals surface area (Å²) in [5.74, 6) is -0.00257. The van der Waals surface area contributed by atoms with E-state index < -0.39 is 5.97 Å². The number of allylic oxidation sites excluding steroid dienone is 2. The highest BCUT2D eigenvalue weighted by Crippen LogP contribution is 2.22. The topological polar surface area (TPSA) is 38.7 Å². The Hall–Kier alpha value is -2.46. The highest BCUT2D eigenvalue weighted by atomic mass is 32.1. The molecule has 2 heterocycles. The lowest BCUT2D eigenvalue weighted by Gasteiger charge is -1.99. The Labute approximate surface area is 133 Å². The van der Waals surface area contributed by atoms with Crippen molar-refractivity contribution in [2.45, 2.75) is 13.3 Å². The number of hydrogen-bond donors (Lipinski definition) is 0. The fourth-order valence-corrected chi connectivity index (χ4v) is 2.75. The van der Waals surface area contributed by atoms with Gasteiger partial charge in [0.1, 0.15) is 0 Å². The molecule has 0 atom stereocenters. The molecule has 1 aromatic carbocycles. The van der Waals surface area contributed by atoms with Gasteiger partial charge in [0, 0.05) is 0 Å². The molecular formula is C18H15NO2S. The van der Waals surface area contributed by atoms with Gasteiger partial charge in [-0.2, -0.15) is 0 Å². The molecule has 1 aliphatic heterocycles. The molecule has 0 radical (unpaired) electrons. The molecule has 0 N–H and O–H groups in total. The number of hydrogen-bond acceptors (Lipinski definition) is 4. The van der Waals surface area contributed by atoms with Crippen molar-refractivity contribution in [3.8, 4) is 0 Å². The lowest BCUT2D eigenvalue weighted by atomic mass is 10.1. The minimum atomic E-state index is -0.393. The van der Waals surface area contributed by atoms with Crippen LogP contribution >= 0.6 is 11.3 Å². The second kappa shape index (κ2) is 6.54. The van der Waals surface area contributed by atoms with E-state index in [4.69, 9.17) is 4.74 Å². The van der Waals surface area contributed by atoms with E-state index in [0.29, 0.717) is 11.6 Å². The first kappa shape index (κ1) is 14.5. The third kappa shape index (κ3) is 3.23. The quantitative estimate of drug-likeness (QED) is 0.619. The van der Waals surface area contributed by atoms with Crippen LogP contribution in [0.2, 0.25) is 0 Å². The highest BCUT2D eigenvalue weighted by Gasteiger charge is 2.24. The number of carbonyl (C=O) groups excluding carboxylic acids is 1. The number of esters is 1. The van der Waals surface area contributed by atoms with Gasteiger partial charge in [0.05, 0.1) is 4.88 Å². The van der Waals surface area contributed by atoms with Gasteiger partial charge in [-0.05, 0) is 35.1 Å². The molecule has 0 amide bonds. The van der Waals surface area contributed by atoms with Crippen molar-refractivity contribution in [1.29, 1.82) is 0 Å². The SMILES string of the molecule is CCC(=C\c1ccccc1)/C=C1/N=C(c2cccs2)OC1=O. The second-order valence-electron chi connectivity index (χ2n) is 4.80. The van der Waals surface area contributed by atoms with Gasteiger partial charge in [0.25, 0.3) is 0 Å². The fraction of sp³-hybridized carbons (Fsp3) is 0.111. The average molecular weight is 309 g/mol. The van der Waals surface area contributed by atoms with Gasteiger partial charge < -0.3 is 4.74 Å². The minimum absolute atomic E-state index is 0.354. The van der Waals surface area contributed by atoms with Crippen LogP contribution in [0.5, 0.6) is 0 Å². The largest absolute Gasteiger partial charge is 0.401 e. The van der Waals surface area contributed by atoms with Crippen molar-refractivity contribution < 1.29 is 9.53 Å². The van der Waals surface area contributed by atoms with E-state index in [1.54, 1.807) is 6.08 Å². The number of thiophene rings is 1. The number of nitrogens with zero attached hydrogens (tertiary/aromatic N) is 1. The number of ether oxygens (including phenoxy) is 1. The molecule has 0 spiro atoms. The van der Waals surface area contributed by atoms with E-state index in [-0.39, 0.29) is 0 Å². The first-order valence-electron chi connectivity index (χ1n) is 7.08. The van der Waals surface area contributed by atoms with Crippen LogP contribution in [0.1, 0.15) is 23.8 Å². The molecule has 110 valence electrons. The molecular weight excluding hydrogens is 294 g/mol. The summed E-state index contributed by atoms with van der Waals surface area (Å²) in [5, 5.41) is 1.93. The van der Waals surface area contributed by atoms with Crippen molar-refractivity contribution in [1.82, 2.24) is 0 Å². The predicted molar refractivity (Wildman–Crippen MR) is 89.7 cm³/mol. The van der Waals surface area contributed by atoms with Gasteiger partial charge in [-0.1, -0.05) is 49.4 Å². The number of rotatable bonds is 4. The predicted octanol–water partition coefficient (Wildman–Crippen LogP) is 4.43. The molecule has 1 aliphatic rings. The van der Waals surface area contributed by atoms with Crippen molar-refractivity contribution in [2.24, 2.45) is 4.99 Å². The Balaban J connectivity index is 1.89. The van der Waals surface area contributed by atoms with E-state index in [2.05, 4.69) is 18.0 Å². The van der Waals surface area contributed by atoms with Gasteiger partial charge in [-0.25, -0.2) is 9.79 Å².